The molecule has 0 aromatic heterocycles. The van der Waals surface area contributed by atoms with E-state index in [4.69, 9.17) is 5.11 Å². The van der Waals surface area contributed by atoms with Crippen LogP contribution in [0.1, 0.15) is 13.8 Å². The molecule has 12 heavy (non-hydrogen) atoms. The van der Waals surface area contributed by atoms with Crippen molar-refractivity contribution in [3.8, 4) is 0 Å². The van der Waals surface area contributed by atoms with Crippen molar-refractivity contribution < 1.29 is 14.7 Å². The number of carboxylic acid groups (broad SMARTS) is 1. The van der Waals surface area contributed by atoms with E-state index in [1.54, 1.807) is 0 Å². The number of Topliss-reactive ketones (excluding diaryl/α,β-unsaturated/α-hetero) is 1. The molecule has 0 aromatic carbocycles. The Morgan fingerprint density at radius 2 is 2.25 bits per heavy atom. The first kappa shape index (κ1) is 9.58. The van der Waals surface area contributed by atoms with E-state index < -0.39 is 11.9 Å². The number of rotatable bonds is 2. The molecule has 0 aromatic rings. The second-order valence-corrected chi connectivity index (χ2v) is 4.47. The SMILES string of the molecule is CC(C)C1SCC(C(=O)O)C1=O. The normalized spacial score (nSPS) is 29.8. The Balaban J connectivity index is 2.67. The lowest BCUT2D eigenvalue weighted by atomic mass is 9.98. The number of hydrogen-bond acceptors (Lipinski definition) is 3. The number of carboxylic acids is 1. The number of thioether (sulfide) groups is 1. The second-order valence-electron chi connectivity index (χ2n) is 3.29. The highest BCUT2D eigenvalue weighted by Crippen LogP contribution is 2.32. The van der Waals surface area contributed by atoms with Crippen LogP contribution in [0.2, 0.25) is 0 Å². The van der Waals surface area contributed by atoms with Gasteiger partial charge in [0.15, 0.2) is 5.78 Å². The fourth-order valence-electron chi connectivity index (χ4n) is 1.28. The predicted octanol–water partition coefficient (Wildman–Crippen LogP) is 1.03. The van der Waals surface area contributed by atoms with Gasteiger partial charge in [-0.25, -0.2) is 0 Å². The Labute approximate surface area is 75.5 Å². The van der Waals surface area contributed by atoms with Crippen molar-refractivity contribution in [3.63, 3.8) is 0 Å². The van der Waals surface area contributed by atoms with Crippen LogP contribution in [0.5, 0.6) is 0 Å². The van der Waals surface area contributed by atoms with Crippen molar-refractivity contribution in [1.29, 1.82) is 0 Å². The van der Waals surface area contributed by atoms with Crippen molar-refractivity contribution in [1.82, 2.24) is 0 Å². The first-order chi connectivity index (χ1) is 5.54. The molecule has 4 heteroatoms. The predicted molar refractivity (Wildman–Crippen MR) is 47.2 cm³/mol. The monoisotopic (exact) mass is 188 g/mol. The fourth-order valence-corrected chi connectivity index (χ4v) is 2.70. The Hall–Kier alpha value is -0.510. The van der Waals surface area contributed by atoms with Gasteiger partial charge in [0, 0.05) is 5.75 Å². The fraction of sp³-hybridized carbons (Fsp3) is 0.750. The standard InChI is InChI=1S/C8H12O3S/c1-4(2)7-6(9)5(3-12-7)8(10)11/h4-5,7H,3H2,1-2H3,(H,10,11). The third-order valence-electron chi connectivity index (χ3n) is 1.97. The molecule has 0 radical (unpaired) electrons. The first-order valence-corrected chi connectivity index (χ1v) is 4.97. The van der Waals surface area contributed by atoms with Crippen LogP contribution in [-0.2, 0) is 9.59 Å². The summed E-state index contributed by atoms with van der Waals surface area (Å²) in [4.78, 5) is 21.9. The highest BCUT2D eigenvalue weighted by molar-refractivity contribution is 8.01. The molecule has 0 amide bonds. The van der Waals surface area contributed by atoms with Crippen LogP contribution < -0.4 is 0 Å². The first-order valence-electron chi connectivity index (χ1n) is 3.92. The van der Waals surface area contributed by atoms with Gasteiger partial charge in [-0.2, -0.15) is 0 Å². The molecule has 1 aliphatic rings. The van der Waals surface area contributed by atoms with Gasteiger partial charge in [0.25, 0.3) is 0 Å². The van der Waals surface area contributed by atoms with Crippen molar-refractivity contribution in [2.24, 2.45) is 11.8 Å². The highest BCUT2D eigenvalue weighted by Gasteiger charge is 2.40. The minimum atomic E-state index is -0.976. The molecule has 1 rings (SSSR count). The van der Waals surface area contributed by atoms with Gasteiger partial charge in [-0.3, -0.25) is 9.59 Å². The molecule has 0 saturated carbocycles. The van der Waals surface area contributed by atoms with E-state index in [1.165, 1.54) is 11.8 Å². The lowest BCUT2D eigenvalue weighted by molar-refractivity contribution is -0.144. The van der Waals surface area contributed by atoms with Crippen LogP contribution in [0.3, 0.4) is 0 Å². The lowest BCUT2D eigenvalue weighted by Crippen LogP contribution is -2.28. The molecule has 1 N–H and O–H groups in total. The zero-order valence-electron chi connectivity index (χ0n) is 7.11. The molecule has 0 aliphatic carbocycles. The maximum atomic E-state index is 11.4. The summed E-state index contributed by atoms with van der Waals surface area (Å²) in [7, 11) is 0. The largest absolute Gasteiger partial charge is 0.481 e. The zero-order chi connectivity index (χ0) is 9.30. The number of carbonyl (C=O) groups excluding carboxylic acids is 1. The number of hydrogen-bond donors (Lipinski definition) is 1. The number of ketones is 1. The summed E-state index contributed by atoms with van der Waals surface area (Å²) >= 11 is 1.46. The molecule has 1 saturated heterocycles. The number of aliphatic carboxylic acids is 1. The van der Waals surface area contributed by atoms with Crippen LogP contribution in [0.4, 0.5) is 0 Å². The third-order valence-corrected chi connectivity index (χ3v) is 3.63. The van der Waals surface area contributed by atoms with Crippen molar-refractivity contribution in [2.75, 3.05) is 5.75 Å². The van der Waals surface area contributed by atoms with E-state index in [9.17, 15) is 9.59 Å². The average Bonchev–Trinajstić information content (AvgIpc) is 2.30. The van der Waals surface area contributed by atoms with Gasteiger partial charge in [0.2, 0.25) is 0 Å². The minimum Gasteiger partial charge on any atom is -0.481 e. The van der Waals surface area contributed by atoms with Gasteiger partial charge in [-0.15, -0.1) is 11.8 Å². The van der Waals surface area contributed by atoms with E-state index in [0.29, 0.717) is 5.75 Å². The quantitative estimate of drug-likeness (QED) is 0.657. The lowest BCUT2D eigenvalue weighted by Gasteiger charge is -2.10. The van der Waals surface area contributed by atoms with Gasteiger partial charge in [0.05, 0.1) is 5.25 Å². The average molecular weight is 188 g/mol. The molecule has 2 unspecified atom stereocenters. The summed E-state index contributed by atoms with van der Waals surface area (Å²) in [5, 5.41) is 8.54. The summed E-state index contributed by atoms with van der Waals surface area (Å²) in [6, 6.07) is 0. The van der Waals surface area contributed by atoms with Gasteiger partial charge >= 0.3 is 5.97 Å². The molecule has 68 valence electrons. The molecule has 1 fully saturated rings. The maximum absolute atomic E-state index is 11.4. The van der Waals surface area contributed by atoms with Crippen molar-refractivity contribution in [2.45, 2.75) is 19.1 Å². The molecule has 1 heterocycles. The summed E-state index contributed by atoms with van der Waals surface area (Å²) in [6.07, 6.45) is 0. The summed E-state index contributed by atoms with van der Waals surface area (Å²) in [5.41, 5.74) is 0. The van der Waals surface area contributed by atoms with E-state index in [2.05, 4.69) is 0 Å². The van der Waals surface area contributed by atoms with Crippen molar-refractivity contribution in [3.05, 3.63) is 0 Å². The van der Waals surface area contributed by atoms with Crippen LogP contribution in [0.15, 0.2) is 0 Å². The van der Waals surface area contributed by atoms with E-state index in [-0.39, 0.29) is 17.0 Å². The maximum Gasteiger partial charge on any atom is 0.314 e. The van der Waals surface area contributed by atoms with Gasteiger partial charge in [-0.05, 0) is 5.92 Å². The van der Waals surface area contributed by atoms with Crippen LogP contribution in [0.25, 0.3) is 0 Å². The molecule has 3 nitrogen and oxygen atoms in total. The van der Waals surface area contributed by atoms with Gasteiger partial charge in [-0.1, -0.05) is 13.8 Å². The van der Waals surface area contributed by atoms with Crippen molar-refractivity contribution >= 4 is 23.5 Å². The van der Waals surface area contributed by atoms with Crippen LogP contribution in [-0.4, -0.2) is 27.9 Å². The molecular formula is C8H12O3S. The minimum absolute atomic E-state index is 0.105. The molecular weight excluding hydrogens is 176 g/mol. The second kappa shape index (κ2) is 3.47. The summed E-state index contributed by atoms with van der Waals surface area (Å²) in [5.74, 6) is -1.16. The third kappa shape index (κ3) is 1.63. The molecule has 1 aliphatic heterocycles. The highest BCUT2D eigenvalue weighted by atomic mass is 32.2. The van der Waals surface area contributed by atoms with Crippen LogP contribution >= 0.6 is 11.8 Å². The Bertz CT molecular complexity index is 212. The summed E-state index contributed by atoms with van der Waals surface area (Å²) < 4.78 is 0. The molecule has 0 spiro atoms. The Kier molecular flexibility index (Phi) is 2.77. The van der Waals surface area contributed by atoms with Gasteiger partial charge in [0.1, 0.15) is 5.92 Å². The van der Waals surface area contributed by atoms with E-state index >= 15 is 0 Å². The smallest absolute Gasteiger partial charge is 0.314 e. The number of carbonyl (C=O) groups is 2. The Morgan fingerprint density at radius 3 is 2.50 bits per heavy atom. The van der Waals surface area contributed by atoms with E-state index in [1.807, 2.05) is 13.8 Å². The zero-order valence-corrected chi connectivity index (χ0v) is 7.93. The Morgan fingerprint density at radius 1 is 1.67 bits per heavy atom. The molecule has 0 bridgehead atoms. The topological polar surface area (TPSA) is 54.4 Å². The summed E-state index contributed by atoms with van der Waals surface area (Å²) in [6.45, 7) is 3.89. The molecule has 2 atom stereocenters. The van der Waals surface area contributed by atoms with Gasteiger partial charge < -0.3 is 5.11 Å². The van der Waals surface area contributed by atoms with Crippen LogP contribution in [0, 0.1) is 11.8 Å². The van der Waals surface area contributed by atoms with E-state index in [0.717, 1.165) is 0 Å².